The summed E-state index contributed by atoms with van der Waals surface area (Å²) < 4.78 is 30.3. The second-order valence-electron chi connectivity index (χ2n) is 6.51. The van der Waals surface area contributed by atoms with Gasteiger partial charge >= 0.3 is 5.97 Å². The van der Waals surface area contributed by atoms with Crippen molar-refractivity contribution in [2.24, 2.45) is 5.41 Å². The van der Waals surface area contributed by atoms with Crippen molar-refractivity contribution in [1.82, 2.24) is 4.72 Å². The predicted octanol–water partition coefficient (Wildman–Crippen LogP) is 1.71. The molecule has 1 atom stereocenters. The molecule has 8 nitrogen and oxygen atoms in total. The fraction of sp³-hybridized carbons (Fsp3) is 0.467. The van der Waals surface area contributed by atoms with Crippen molar-refractivity contribution in [2.45, 2.75) is 26.8 Å². The van der Waals surface area contributed by atoms with Gasteiger partial charge in [-0.2, -0.15) is 0 Å². The highest BCUT2D eigenvalue weighted by molar-refractivity contribution is 7.88. The van der Waals surface area contributed by atoms with Crippen LogP contribution in [0, 0.1) is 5.41 Å². The number of hydrogen-bond acceptors (Lipinski definition) is 5. The van der Waals surface area contributed by atoms with Crippen LogP contribution < -0.4 is 14.8 Å². The molecule has 1 amide bonds. The van der Waals surface area contributed by atoms with Crippen molar-refractivity contribution in [3.8, 4) is 5.75 Å². The zero-order chi connectivity index (χ0) is 19.4. The van der Waals surface area contributed by atoms with E-state index in [9.17, 15) is 18.0 Å². The van der Waals surface area contributed by atoms with E-state index in [0.29, 0.717) is 5.69 Å². The quantitative estimate of drug-likeness (QED) is 0.649. The van der Waals surface area contributed by atoms with E-state index in [1.54, 1.807) is 20.8 Å². The van der Waals surface area contributed by atoms with Gasteiger partial charge in [-0.25, -0.2) is 17.9 Å². The first-order valence-corrected chi connectivity index (χ1v) is 9.49. The number of carboxylic acid groups (broad SMARTS) is 1. The molecule has 1 aromatic rings. The Morgan fingerprint density at radius 1 is 1.32 bits per heavy atom. The normalized spacial score (nSPS) is 13.2. The fourth-order valence-electron chi connectivity index (χ4n) is 1.89. The molecule has 0 radical (unpaired) electrons. The number of sulfonamides is 1. The molecule has 10 heteroatoms. The molecule has 0 aliphatic rings. The van der Waals surface area contributed by atoms with Gasteiger partial charge in [0.1, 0.15) is 11.8 Å². The monoisotopic (exact) mass is 392 g/mol. The van der Waals surface area contributed by atoms with Gasteiger partial charge in [0.25, 0.3) is 0 Å². The first-order valence-electron chi connectivity index (χ1n) is 7.22. The molecule has 0 bridgehead atoms. The molecule has 25 heavy (non-hydrogen) atoms. The van der Waals surface area contributed by atoms with E-state index in [0.717, 1.165) is 6.26 Å². The van der Waals surface area contributed by atoms with E-state index in [2.05, 4.69) is 10.0 Å². The molecule has 0 spiro atoms. The van der Waals surface area contributed by atoms with Gasteiger partial charge in [-0.3, -0.25) is 4.79 Å². The van der Waals surface area contributed by atoms with Gasteiger partial charge in [-0.15, -0.1) is 0 Å². The highest BCUT2D eigenvalue weighted by atomic mass is 35.5. The highest BCUT2D eigenvalue weighted by Gasteiger charge is 2.33. The number of carbonyl (C=O) groups is 2. The first-order chi connectivity index (χ1) is 11.3. The number of halogens is 1. The lowest BCUT2D eigenvalue weighted by molar-refractivity contribution is -0.139. The summed E-state index contributed by atoms with van der Waals surface area (Å²) in [6.07, 6.45) is 0.977. The minimum absolute atomic E-state index is 0.113. The van der Waals surface area contributed by atoms with Gasteiger partial charge in [-0.1, -0.05) is 32.4 Å². The SMILES string of the molecule is CC(C)(C)C(NS(C)(=O)=O)C(=O)Nc1ccc(OCC(=O)O)c(Cl)c1. The Balaban J connectivity index is 2.93. The molecule has 0 fully saturated rings. The number of rotatable bonds is 7. The van der Waals surface area contributed by atoms with Crippen LogP contribution in [-0.2, 0) is 19.6 Å². The van der Waals surface area contributed by atoms with E-state index < -0.39 is 40.0 Å². The van der Waals surface area contributed by atoms with Crippen molar-refractivity contribution >= 4 is 39.2 Å². The van der Waals surface area contributed by atoms with Crippen molar-refractivity contribution in [3.05, 3.63) is 23.2 Å². The molecule has 0 saturated heterocycles. The van der Waals surface area contributed by atoms with Crippen LogP contribution >= 0.6 is 11.6 Å². The van der Waals surface area contributed by atoms with Crippen LogP contribution in [0.4, 0.5) is 5.69 Å². The van der Waals surface area contributed by atoms with Crippen molar-refractivity contribution in [2.75, 3.05) is 18.2 Å². The molecule has 1 aromatic carbocycles. The van der Waals surface area contributed by atoms with Crippen LogP contribution in [0.3, 0.4) is 0 Å². The number of carbonyl (C=O) groups excluding carboxylic acids is 1. The summed E-state index contributed by atoms with van der Waals surface area (Å²) in [4.78, 5) is 23.0. The summed E-state index contributed by atoms with van der Waals surface area (Å²) in [5, 5.41) is 11.3. The largest absolute Gasteiger partial charge is 0.480 e. The zero-order valence-corrected chi connectivity index (χ0v) is 15.9. The Bertz CT molecular complexity index is 758. The summed E-state index contributed by atoms with van der Waals surface area (Å²) in [5.41, 5.74) is -0.344. The number of amides is 1. The topological polar surface area (TPSA) is 122 Å². The predicted molar refractivity (Wildman–Crippen MR) is 94.4 cm³/mol. The van der Waals surface area contributed by atoms with E-state index in [1.165, 1.54) is 18.2 Å². The second kappa shape index (κ2) is 8.03. The van der Waals surface area contributed by atoms with Crippen LogP contribution in [0.1, 0.15) is 20.8 Å². The maximum atomic E-state index is 12.5. The second-order valence-corrected chi connectivity index (χ2v) is 8.69. The van der Waals surface area contributed by atoms with Crippen molar-refractivity contribution in [3.63, 3.8) is 0 Å². The Labute approximate surface area is 151 Å². The molecular formula is C15H21ClN2O6S. The number of ether oxygens (including phenoxy) is 1. The number of nitrogens with one attached hydrogen (secondary N) is 2. The Hall–Kier alpha value is -1.84. The minimum Gasteiger partial charge on any atom is -0.480 e. The summed E-state index contributed by atoms with van der Waals surface area (Å²) in [6, 6.07) is 3.28. The van der Waals surface area contributed by atoms with Crippen LogP contribution in [0.2, 0.25) is 5.02 Å². The number of aliphatic carboxylic acids is 1. The summed E-state index contributed by atoms with van der Waals surface area (Å²) in [6.45, 7) is 4.64. The molecule has 0 aliphatic heterocycles. The summed E-state index contributed by atoms with van der Waals surface area (Å²) in [5.74, 6) is -1.54. The molecule has 0 saturated carbocycles. The van der Waals surface area contributed by atoms with Gasteiger partial charge in [0, 0.05) is 5.69 Å². The van der Waals surface area contributed by atoms with E-state index in [4.69, 9.17) is 21.4 Å². The molecule has 1 unspecified atom stereocenters. The lowest BCUT2D eigenvalue weighted by Crippen LogP contribution is -2.51. The maximum Gasteiger partial charge on any atom is 0.341 e. The Kier molecular flexibility index (Phi) is 6.81. The number of anilines is 1. The third-order valence-corrected chi connectivity index (χ3v) is 3.97. The smallest absolute Gasteiger partial charge is 0.341 e. The van der Waals surface area contributed by atoms with Crippen LogP contribution in [-0.4, -0.2) is 44.3 Å². The average Bonchev–Trinajstić information content (AvgIpc) is 2.41. The van der Waals surface area contributed by atoms with Crippen molar-refractivity contribution < 1.29 is 27.9 Å². The molecule has 1 rings (SSSR count). The molecule has 0 aromatic heterocycles. The van der Waals surface area contributed by atoms with Gasteiger partial charge in [0.05, 0.1) is 11.3 Å². The number of carboxylic acids is 1. The van der Waals surface area contributed by atoms with E-state index >= 15 is 0 Å². The lowest BCUT2D eigenvalue weighted by atomic mass is 9.87. The third-order valence-electron chi connectivity index (χ3n) is 3.01. The molecular weight excluding hydrogens is 372 g/mol. The van der Waals surface area contributed by atoms with Crippen LogP contribution in [0.15, 0.2) is 18.2 Å². The molecule has 0 heterocycles. The van der Waals surface area contributed by atoms with Gasteiger partial charge < -0.3 is 15.2 Å². The first kappa shape index (κ1) is 21.2. The van der Waals surface area contributed by atoms with E-state index in [-0.39, 0.29) is 10.8 Å². The fourth-order valence-corrected chi connectivity index (χ4v) is 3.01. The van der Waals surface area contributed by atoms with Crippen LogP contribution in [0.5, 0.6) is 5.75 Å². The van der Waals surface area contributed by atoms with Crippen molar-refractivity contribution in [1.29, 1.82) is 0 Å². The number of hydrogen-bond donors (Lipinski definition) is 3. The zero-order valence-electron chi connectivity index (χ0n) is 14.3. The van der Waals surface area contributed by atoms with Gasteiger partial charge in [0.2, 0.25) is 15.9 Å². The number of benzene rings is 1. The average molecular weight is 393 g/mol. The van der Waals surface area contributed by atoms with Gasteiger partial charge in [0.15, 0.2) is 6.61 Å². The molecule has 140 valence electrons. The van der Waals surface area contributed by atoms with Gasteiger partial charge in [-0.05, 0) is 23.6 Å². The Morgan fingerprint density at radius 3 is 2.36 bits per heavy atom. The molecule has 0 aliphatic carbocycles. The minimum atomic E-state index is -3.59. The summed E-state index contributed by atoms with van der Waals surface area (Å²) >= 11 is 5.99. The lowest BCUT2D eigenvalue weighted by Gasteiger charge is -2.29. The highest BCUT2D eigenvalue weighted by Crippen LogP contribution is 2.28. The third kappa shape index (κ3) is 7.29. The molecule has 3 N–H and O–H groups in total. The maximum absolute atomic E-state index is 12.5. The standard InChI is InChI=1S/C15H21ClN2O6S/c1-15(2,3)13(18-25(4,22)23)14(21)17-9-5-6-11(10(16)7-9)24-8-12(19)20/h5-7,13,18H,8H2,1-4H3,(H,17,21)(H,19,20). The Morgan fingerprint density at radius 2 is 1.92 bits per heavy atom. The van der Waals surface area contributed by atoms with E-state index in [1.807, 2.05) is 0 Å². The summed E-state index contributed by atoms with van der Waals surface area (Å²) in [7, 11) is -3.59. The van der Waals surface area contributed by atoms with Crippen LogP contribution in [0.25, 0.3) is 0 Å².